The van der Waals surface area contributed by atoms with Gasteiger partial charge >= 0.3 is 6.18 Å². The van der Waals surface area contributed by atoms with Crippen LogP contribution in [-0.4, -0.2) is 37.1 Å². The summed E-state index contributed by atoms with van der Waals surface area (Å²) >= 11 is 13.1. The van der Waals surface area contributed by atoms with E-state index in [1.54, 1.807) is 12.1 Å². The maximum Gasteiger partial charge on any atom is 0.451 e. The molecule has 2 aromatic carbocycles. The van der Waals surface area contributed by atoms with Crippen LogP contribution in [0.2, 0.25) is 10.0 Å². The fourth-order valence-corrected chi connectivity index (χ4v) is 5.86. The summed E-state index contributed by atoms with van der Waals surface area (Å²) in [6, 6.07) is 14.5. The van der Waals surface area contributed by atoms with E-state index in [1.807, 2.05) is 36.4 Å². The van der Waals surface area contributed by atoms with Crippen molar-refractivity contribution >= 4 is 52.7 Å². The zero-order valence-corrected chi connectivity index (χ0v) is 22.5. The number of carbonyl (C=O) groups is 1. The van der Waals surface area contributed by atoms with E-state index in [0.717, 1.165) is 58.0 Å². The van der Waals surface area contributed by atoms with Crippen molar-refractivity contribution in [1.29, 1.82) is 0 Å². The van der Waals surface area contributed by atoms with Crippen molar-refractivity contribution in [3.63, 3.8) is 0 Å². The van der Waals surface area contributed by atoms with Gasteiger partial charge in [0.2, 0.25) is 5.82 Å². The molecular formula is C26H22Cl2F3N5OS. The molecule has 38 heavy (non-hydrogen) atoms. The van der Waals surface area contributed by atoms with Crippen molar-refractivity contribution in [3.05, 3.63) is 81.1 Å². The molecule has 0 spiro atoms. The molecule has 0 N–H and O–H groups in total. The Labute approximate surface area is 231 Å². The molecule has 1 aliphatic carbocycles. The molecule has 0 unspecified atom stereocenters. The third-order valence-corrected chi connectivity index (χ3v) is 8.10. The van der Waals surface area contributed by atoms with Gasteiger partial charge < -0.3 is 4.57 Å². The second kappa shape index (κ2) is 10.7. The first-order valence-electron chi connectivity index (χ1n) is 11.8. The Kier molecular flexibility index (Phi) is 7.57. The number of rotatable bonds is 5. The number of hydrogen-bond acceptors (Lipinski definition) is 5. The fourth-order valence-electron chi connectivity index (χ4n) is 4.84. The second-order valence-electron chi connectivity index (χ2n) is 9.09. The molecule has 2 aliphatic rings. The molecule has 1 saturated carbocycles. The highest BCUT2D eigenvalue weighted by molar-refractivity contribution is 7.99. The van der Waals surface area contributed by atoms with Crippen LogP contribution in [-0.2, 0) is 18.0 Å². The summed E-state index contributed by atoms with van der Waals surface area (Å²) < 4.78 is 40.2. The Morgan fingerprint density at radius 2 is 1.74 bits per heavy atom. The molecule has 12 heteroatoms. The lowest BCUT2D eigenvalue weighted by Gasteiger charge is -2.29. The number of amides is 1. The fraction of sp³-hybridized carbons (Fsp3) is 0.308. The van der Waals surface area contributed by atoms with Crippen LogP contribution in [0.4, 0.5) is 13.2 Å². The Balaban J connectivity index is 1.45. The van der Waals surface area contributed by atoms with Gasteiger partial charge in [0.05, 0.1) is 17.5 Å². The zero-order valence-electron chi connectivity index (χ0n) is 20.1. The topological polar surface area (TPSA) is 63.4 Å². The summed E-state index contributed by atoms with van der Waals surface area (Å²) in [5.74, 6) is -1.62. The number of carbonyl (C=O) groups excluding carboxylic acids is 1. The molecule has 5 rings (SSSR count). The molecule has 1 aromatic heterocycles. The summed E-state index contributed by atoms with van der Waals surface area (Å²) in [6.45, 7) is 0. The predicted molar refractivity (Wildman–Crippen MR) is 142 cm³/mol. The van der Waals surface area contributed by atoms with Gasteiger partial charge in [-0.15, -0.1) is 10.2 Å². The van der Waals surface area contributed by atoms with Crippen molar-refractivity contribution in [2.45, 2.75) is 36.6 Å². The van der Waals surface area contributed by atoms with Crippen LogP contribution < -0.4 is 0 Å². The average Bonchev–Trinajstić information content (AvgIpc) is 3.46. The van der Waals surface area contributed by atoms with Gasteiger partial charge in [0.15, 0.2) is 5.16 Å². The number of aromatic nitrogens is 3. The molecule has 2 atom stereocenters. The van der Waals surface area contributed by atoms with Crippen molar-refractivity contribution < 1.29 is 18.0 Å². The first-order chi connectivity index (χ1) is 18.1. The van der Waals surface area contributed by atoms with E-state index in [1.165, 1.54) is 12.1 Å². The molecule has 1 fully saturated rings. The van der Waals surface area contributed by atoms with Gasteiger partial charge in [-0.05, 0) is 66.3 Å². The van der Waals surface area contributed by atoms with Crippen LogP contribution in [0.25, 0.3) is 6.08 Å². The highest BCUT2D eigenvalue weighted by atomic mass is 35.5. The molecule has 0 bridgehead atoms. The molecule has 198 valence electrons. The maximum atomic E-state index is 13.5. The van der Waals surface area contributed by atoms with E-state index in [4.69, 9.17) is 28.3 Å². The molecule has 0 saturated heterocycles. The zero-order chi connectivity index (χ0) is 27.0. The minimum Gasteiger partial charge on any atom is -0.302 e. The highest BCUT2D eigenvalue weighted by Crippen LogP contribution is 2.45. The van der Waals surface area contributed by atoms with Crippen molar-refractivity contribution in [2.75, 3.05) is 5.75 Å². The van der Waals surface area contributed by atoms with Gasteiger partial charge in [-0.25, -0.2) is 5.01 Å². The summed E-state index contributed by atoms with van der Waals surface area (Å²) in [5, 5.41) is 14.4. The minimum absolute atomic E-state index is 0.00121. The van der Waals surface area contributed by atoms with Crippen LogP contribution in [0, 0.1) is 5.92 Å². The minimum atomic E-state index is -4.63. The lowest BCUT2D eigenvalue weighted by Crippen LogP contribution is -2.32. The normalized spacial score (nSPS) is 20.5. The summed E-state index contributed by atoms with van der Waals surface area (Å²) in [7, 11) is 1.23. The van der Waals surface area contributed by atoms with Gasteiger partial charge in [0, 0.05) is 23.0 Å². The second-order valence-corrected chi connectivity index (χ2v) is 10.9. The van der Waals surface area contributed by atoms with Gasteiger partial charge in [0.1, 0.15) is 0 Å². The molecule has 6 nitrogen and oxygen atoms in total. The number of allylic oxidation sites excluding steroid dienone is 1. The SMILES string of the molecule is Cn1c(SCC(=O)N2N=C3/C(=C\c4ccc(Cl)cc4)CCC[C@@H]3[C@@H]2c2ccc(Cl)cc2)nnc1C(F)(F)F. The van der Waals surface area contributed by atoms with Gasteiger partial charge in [-0.3, -0.25) is 4.79 Å². The molecule has 1 amide bonds. The van der Waals surface area contributed by atoms with Crippen molar-refractivity contribution in [3.8, 4) is 0 Å². The van der Waals surface area contributed by atoms with Gasteiger partial charge in [0.25, 0.3) is 5.91 Å². The van der Waals surface area contributed by atoms with Crippen LogP contribution in [0.5, 0.6) is 0 Å². The monoisotopic (exact) mass is 579 g/mol. The quantitative estimate of drug-likeness (QED) is 0.304. The number of thioether (sulfide) groups is 1. The average molecular weight is 580 g/mol. The van der Waals surface area contributed by atoms with E-state index in [2.05, 4.69) is 16.3 Å². The van der Waals surface area contributed by atoms with Crippen molar-refractivity contribution in [2.24, 2.45) is 18.1 Å². The summed E-state index contributed by atoms with van der Waals surface area (Å²) in [5.41, 5.74) is 3.78. The Bertz CT molecular complexity index is 1400. The number of nitrogens with zero attached hydrogens (tertiary/aromatic N) is 5. The number of hydrogen-bond donors (Lipinski definition) is 0. The predicted octanol–water partition coefficient (Wildman–Crippen LogP) is 7.06. The maximum absolute atomic E-state index is 13.5. The Morgan fingerprint density at radius 1 is 1.08 bits per heavy atom. The van der Waals surface area contributed by atoms with Crippen LogP contribution in [0.15, 0.2) is 64.4 Å². The van der Waals surface area contributed by atoms with Gasteiger partial charge in [-0.2, -0.15) is 18.3 Å². The first-order valence-corrected chi connectivity index (χ1v) is 13.6. The van der Waals surface area contributed by atoms with Crippen LogP contribution in [0.3, 0.4) is 0 Å². The number of benzene rings is 2. The number of halogens is 5. The highest BCUT2D eigenvalue weighted by Gasteiger charge is 2.44. The molecule has 3 aromatic rings. The molecule has 1 aliphatic heterocycles. The number of fused-ring (bicyclic) bond motifs is 1. The number of alkyl halides is 3. The van der Waals surface area contributed by atoms with Gasteiger partial charge in [-0.1, -0.05) is 59.2 Å². The molecule has 0 radical (unpaired) electrons. The van der Waals surface area contributed by atoms with E-state index in [-0.39, 0.29) is 28.8 Å². The van der Waals surface area contributed by atoms with E-state index in [0.29, 0.717) is 10.0 Å². The lowest BCUT2D eigenvalue weighted by molar-refractivity contribution is -0.147. The third-order valence-electron chi connectivity index (χ3n) is 6.59. The first kappa shape index (κ1) is 26.8. The molecular weight excluding hydrogens is 558 g/mol. The third kappa shape index (κ3) is 5.48. The Morgan fingerprint density at radius 3 is 2.37 bits per heavy atom. The van der Waals surface area contributed by atoms with E-state index in [9.17, 15) is 18.0 Å². The lowest BCUT2D eigenvalue weighted by atomic mass is 9.77. The largest absolute Gasteiger partial charge is 0.451 e. The summed E-state index contributed by atoms with van der Waals surface area (Å²) in [6.07, 6.45) is 0.0402. The van der Waals surface area contributed by atoms with Crippen LogP contribution >= 0.6 is 35.0 Å². The number of hydrazone groups is 1. The standard InChI is InChI=1S/C26H22Cl2F3N5OS/c1-35-24(26(29,30)31)32-33-25(35)38-14-21(37)36-23(16-7-11-19(28)12-8-16)20-4-2-3-17(22(20)34-36)13-15-5-9-18(27)10-6-15/h5-13,20,23H,2-4,14H2,1H3/b17-13-/t20-,23-/m0/s1. The Hall–Kier alpha value is -2.82. The smallest absolute Gasteiger partial charge is 0.302 e. The molecule has 2 heterocycles. The van der Waals surface area contributed by atoms with E-state index >= 15 is 0 Å². The van der Waals surface area contributed by atoms with E-state index < -0.39 is 12.0 Å². The summed E-state index contributed by atoms with van der Waals surface area (Å²) in [4.78, 5) is 13.5. The van der Waals surface area contributed by atoms with Crippen LogP contribution in [0.1, 0.15) is 42.3 Å². The van der Waals surface area contributed by atoms with Crippen molar-refractivity contribution in [1.82, 2.24) is 19.8 Å².